The number of methoxy groups -OCH3 is 2. The highest BCUT2D eigenvalue weighted by Crippen LogP contribution is 2.30. The summed E-state index contributed by atoms with van der Waals surface area (Å²) in [5, 5.41) is 8.81. The fourth-order valence-electron chi connectivity index (χ4n) is 1.27. The lowest BCUT2D eigenvalue weighted by Crippen LogP contribution is -1.98. The molecule has 3 nitrogen and oxygen atoms in total. The number of halogens is 1. The van der Waals surface area contributed by atoms with Crippen LogP contribution in [0.2, 0.25) is 0 Å². The van der Waals surface area contributed by atoms with E-state index < -0.39 is 0 Å². The number of para-hydroxylation sites is 1. The van der Waals surface area contributed by atoms with E-state index in [0.717, 1.165) is 5.56 Å². The third kappa shape index (κ3) is 2.79. The molecule has 1 aromatic carbocycles. The fraction of sp³-hybridized carbons (Fsp3) is 0.400. The molecule has 0 unspecified atom stereocenters. The maximum atomic E-state index is 8.81. The molecule has 0 aliphatic heterocycles. The lowest BCUT2D eigenvalue weighted by Gasteiger charge is -2.11. The quantitative estimate of drug-likeness (QED) is 0.836. The van der Waals surface area contributed by atoms with E-state index in [9.17, 15) is 0 Å². The molecule has 0 saturated carbocycles. The molecule has 0 heterocycles. The molecule has 0 bridgehead atoms. The normalized spacial score (nSPS) is 9.07. The van der Waals surface area contributed by atoms with Crippen molar-refractivity contribution in [3.05, 3.63) is 23.8 Å². The molecule has 1 rings (SSSR count). The van der Waals surface area contributed by atoms with E-state index in [2.05, 4.69) is 0 Å². The van der Waals surface area contributed by atoms with Crippen molar-refractivity contribution in [1.29, 1.82) is 0 Å². The van der Waals surface area contributed by atoms with Gasteiger partial charge in [0.1, 0.15) is 0 Å². The number of hydrogen-bond acceptors (Lipinski definition) is 3. The van der Waals surface area contributed by atoms with Crippen LogP contribution in [0.1, 0.15) is 5.56 Å². The summed E-state index contributed by atoms with van der Waals surface area (Å²) in [5.41, 5.74) is 0.962. The van der Waals surface area contributed by atoms with Gasteiger partial charge in [0.15, 0.2) is 11.5 Å². The van der Waals surface area contributed by atoms with Crippen LogP contribution in [0.4, 0.5) is 0 Å². The van der Waals surface area contributed by atoms with Crippen molar-refractivity contribution in [1.82, 2.24) is 0 Å². The van der Waals surface area contributed by atoms with Crippen molar-refractivity contribution in [2.45, 2.75) is 6.42 Å². The maximum Gasteiger partial charge on any atom is 0.163 e. The Labute approximate surface area is 90.1 Å². The minimum absolute atomic E-state index is 0. The third-order valence-electron chi connectivity index (χ3n) is 1.87. The zero-order chi connectivity index (χ0) is 9.68. The molecule has 0 radical (unpaired) electrons. The molecule has 0 aliphatic rings. The van der Waals surface area contributed by atoms with Crippen LogP contribution in [-0.4, -0.2) is 25.9 Å². The topological polar surface area (TPSA) is 38.7 Å². The van der Waals surface area contributed by atoms with E-state index in [1.165, 1.54) is 0 Å². The number of benzene rings is 1. The summed E-state index contributed by atoms with van der Waals surface area (Å²) >= 11 is 0. The standard InChI is InChI=1S/C10H14O3.ClH/c1-12-9-5-3-4-8(6-7-11)10(9)13-2;/h3-5,11H,6-7H2,1-2H3;1H. The van der Waals surface area contributed by atoms with Gasteiger partial charge in [-0.2, -0.15) is 0 Å². The molecule has 0 aliphatic carbocycles. The molecule has 0 aromatic heterocycles. The second kappa shape index (κ2) is 6.51. The van der Waals surface area contributed by atoms with Gasteiger partial charge in [-0.05, 0) is 12.5 Å². The summed E-state index contributed by atoms with van der Waals surface area (Å²) in [4.78, 5) is 0. The molecule has 1 aromatic rings. The first-order valence-corrected chi connectivity index (χ1v) is 4.14. The van der Waals surface area contributed by atoms with E-state index >= 15 is 0 Å². The molecule has 0 saturated heterocycles. The molecule has 0 fully saturated rings. The van der Waals surface area contributed by atoms with E-state index in [4.69, 9.17) is 14.6 Å². The first kappa shape index (κ1) is 13.1. The second-order valence-corrected chi connectivity index (χ2v) is 2.63. The Balaban J connectivity index is 0.00000169. The highest BCUT2D eigenvalue weighted by molar-refractivity contribution is 5.85. The van der Waals surface area contributed by atoms with E-state index in [1.54, 1.807) is 14.2 Å². The zero-order valence-electron chi connectivity index (χ0n) is 8.32. The predicted octanol–water partition coefficient (Wildman–Crippen LogP) is 1.66. The Morgan fingerprint density at radius 2 is 1.93 bits per heavy atom. The third-order valence-corrected chi connectivity index (χ3v) is 1.87. The summed E-state index contributed by atoms with van der Waals surface area (Å²) in [5.74, 6) is 1.41. The van der Waals surface area contributed by atoms with E-state index in [0.29, 0.717) is 17.9 Å². The summed E-state index contributed by atoms with van der Waals surface area (Å²) in [6.07, 6.45) is 0.584. The van der Waals surface area contributed by atoms with Gasteiger partial charge in [-0.25, -0.2) is 0 Å². The number of aliphatic hydroxyl groups is 1. The maximum absolute atomic E-state index is 8.81. The molecule has 4 heteroatoms. The van der Waals surface area contributed by atoms with Crippen LogP contribution < -0.4 is 9.47 Å². The smallest absolute Gasteiger partial charge is 0.163 e. The van der Waals surface area contributed by atoms with Crippen LogP contribution >= 0.6 is 12.4 Å². The van der Waals surface area contributed by atoms with Crippen molar-refractivity contribution < 1.29 is 14.6 Å². The number of aliphatic hydroxyl groups excluding tert-OH is 1. The zero-order valence-corrected chi connectivity index (χ0v) is 9.13. The van der Waals surface area contributed by atoms with Crippen LogP contribution in [0.15, 0.2) is 18.2 Å². The minimum Gasteiger partial charge on any atom is -0.493 e. The van der Waals surface area contributed by atoms with Gasteiger partial charge in [-0.1, -0.05) is 12.1 Å². The lowest BCUT2D eigenvalue weighted by molar-refractivity contribution is 0.294. The van der Waals surface area contributed by atoms with Gasteiger partial charge in [0, 0.05) is 12.2 Å². The van der Waals surface area contributed by atoms with Crippen LogP contribution in [-0.2, 0) is 6.42 Å². The lowest BCUT2D eigenvalue weighted by atomic mass is 10.1. The van der Waals surface area contributed by atoms with Crippen molar-refractivity contribution in [2.24, 2.45) is 0 Å². The first-order valence-electron chi connectivity index (χ1n) is 4.14. The van der Waals surface area contributed by atoms with Crippen molar-refractivity contribution in [3.8, 4) is 11.5 Å². The van der Waals surface area contributed by atoms with Crippen LogP contribution in [0, 0.1) is 0 Å². The molecule has 1 N–H and O–H groups in total. The minimum atomic E-state index is 0. The monoisotopic (exact) mass is 218 g/mol. The SMILES string of the molecule is COc1cccc(CCO)c1OC.Cl. The van der Waals surface area contributed by atoms with Gasteiger partial charge in [0.25, 0.3) is 0 Å². The van der Waals surface area contributed by atoms with Gasteiger partial charge in [-0.15, -0.1) is 12.4 Å². The predicted molar refractivity (Wildman–Crippen MR) is 57.6 cm³/mol. The molecular weight excluding hydrogens is 204 g/mol. The summed E-state index contributed by atoms with van der Waals surface area (Å²) in [6, 6.07) is 5.63. The largest absolute Gasteiger partial charge is 0.493 e. The number of ether oxygens (including phenoxy) is 2. The van der Waals surface area contributed by atoms with E-state index in [-0.39, 0.29) is 19.0 Å². The highest BCUT2D eigenvalue weighted by Gasteiger charge is 2.07. The average molecular weight is 219 g/mol. The average Bonchev–Trinajstić information content (AvgIpc) is 2.18. The Morgan fingerprint density at radius 3 is 2.43 bits per heavy atom. The summed E-state index contributed by atoms with van der Waals surface area (Å²) < 4.78 is 10.3. The Hall–Kier alpha value is -0.930. The number of rotatable bonds is 4. The molecular formula is C10H15ClO3. The second-order valence-electron chi connectivity index (χ2n) is 2.63. The highest BCUT2D eigenvalue weighted by atomic mass is 35.5. The van der Waals surface area contributed by atoms with Crippen molar-refractivity contribution >= 4 is 12.4 Å². The van der Waals surface area contributed by atoms with Gasteiger partial charge in [-0.3, -0.25) is 0 Å². The van der Waals surface area contributed by atoms with Gasteiger partial charge < -0.3 is 14.6 Å². The van der Waals surface area contributed by atoms with E-state index in [1.807, 2.05) is 18.2 Å². The molecule has 0 amide bonds. The van der Waals surface area contributed by atoms with Crippen LogP contribution in [0.3, 0.4) is 0 Å². The van der Waals surface area contributed by atoms with Gasteiger partial charge >= 0.3 is 0 Å². The Bertz CT molecular complexity index is 276. The molecule has 14 heavy (non-hydrogen) atoms. The van der Waals surface area contributed by atoms with Gasteiger partial charge in [0.2, 0.25) is 0 Å². The number of hydrogen-bond donors (Lipinski definition) is 1. The first-order chi connectivity index (χ1) is 6.33. The van der Waals surface area contributed by atoms with Crippen molar-refractivity contribution in [2.75, 3.05) is 20.8 Å². The summed E-state index contributed by atoms with van der Waals surface area (Å²) in [6.45, 7) is 0.115. The van der Waals surface area contributed by atoms with Crippen molar-refractivity contribution in [3.63, 3.8) is 0 Å². The van der Waals surface area contributed by atoms with Crippen LogP contribution in [0.25, 0.3) is 0 Å². The fourth-order valence-corrected chi connectivity index (χ4v) is 1.27. The Morgan fingerprint density at radius 1 is 1.21 bits per heavy atom. The molecule has 0 spiro atoms. The Kier molecular flexibility index (Phi) is 6.08. The van der Waals surface area contributed by atoms with Gasteiger partial charge in [0.05, 0.1) is 14.2 Å². The summed E-state index contributed by atoms with van der Waals surface area (Å²) in [7, 11) is 3.19. The van der Waals surface area contributed by atoms with Crippen LogP contribution in [0.5, 0.6) is 11.5 Å². The molecule has 0 atom stereocenters. The molecule has 80 valence electrons.